The zero-order valence-electron chi connectivity index (χ0n) is 6.49. The SMILES string of the molecule is Cc1cc(Cl)cc2cc(Br)[nH]c12. The standard InChI is InChI=1S/C9H7BrClN/c1-5-2-7(11)3-6-4-8(10)12-9(5)6/h2-4,12H,1H3. The lowest BCUT2D eigenvalue weighted by Crippen LogP contribution is -1.75. The van der Waals surface area contributed by atoms with E-state index in [2.05, 4.69) is 20.9 Å². The molecule has 0 amide bonds. The van der Waals surface area contributed by atoms with Gasteiger partial charge in [-0.05, 0) is 46.6 Å². The van der Waals surface area contributed by atoms with Gasteiger partial charge in [0.2, 0.25) is 0 Å². The van der Waals surface area contributed by atoms with E-state index in [0.717, 1.165) is 20.5 Å². The number of nitrogens with one attached hydrogen (secondary N) is 1. The van der Waals surface area contributed by atoms with Gasteiger partial charge in [0.25, 0.3) is 0 Å². The summed E-state index contributed by atoms with van der Waals surface area (Å²) in [6.07, 6.45) is 0. The fourth-order valence-corrected chi connectivity index (χ4v) is 2.07. The number of aromatic amines is 1. The summed E-state index contributed by atoms with van der Waals surface area (Å²) in [6.45, 7) is 2.04. The van der Waals surface area contributed by atoms with E-state index in [1.54, 1.807) is 0 Å². The molecule has 0 aliphatic rings. The van der Waals surface area contributed by atoms with Gasteiger partial charge in [0.1, 0.15) is 0 Å². The topological polar surface area (TPSA) is 15.8 Å². The number of benzene rings is 1. The summed E-state index contributed by atoms with van der Waals surface area (Å²) in [7, 11) is 0. The Morgan fingerprint density at radius 3 is 2.83 bits per heavy atom. The van der Waals surface area contributed by atoms with Crippen molar-refractivity contribution in [3.8, 4) is 0 Å². The largest absolute Gasteiger partial charge is 0.349 e. The van der Waals surface area contributed by atoms with Crippen molar-refractivity contribution in [1.82, 2.24) is 4.98 Å². The number of halogens is 2. The number of fused-ring (bicyclic) bond motifs is 1. The van der Waals surface area contributed by atoms with E-state index in [4.69, 9.17) is 11.6 Å². The molecular formula is C9H7BrClN. The van der Waals surface area contributed by atoms with Crippen LogP contribution in [0.15, 0.2) is 22.8 Å². The first-order valence-corrected chi connectivity index (χ1v) is 4.78. The lowest BCUT2D eigenvalue weighted by Gasteiger charge is -1.96. The molecule has 62 valence electrons. The fourth-order valence-electron chi connectivity index (χ4n) is 1.35. The first-order chi connectivity index (χ1) is 5.66. The Hall–Kier alpha value is -0.470. The second-order valence-corrected chi connectivity index (χ2v) is 4.09. The second kappa shape index (κ2) is 2.79. The van der Waals surface area contributed by atoms with E-state index in [1.807, 2.05) is 25.1 Å². The lowest BCUT2D eigenvalue weighted by atomic mass is 10.2. The molecule has 2 aromatic rings. The van der Waals surface area contributed by atoms with Crippen molar-refractivity contribution < 1.29 is 0 Å². The van der Waals surface area contributed by atoms with Crippen LogP contribution in [0.4, 0.5) is 0 Å². The highest BCUT2D eigenvalue weighted by Crippen LogP contribution is 2.25. The number of rotatable bonds is 0. The highest BCUT2D eigenvalue weighted by Gasteiger charge is 2.02. The van der Waals surface area contributed by atoms with Crippen molar-refractivity contribution in [2.45, 2.75) is 6.92 Å². The first kappa shape index (κ1) is 8.14. The molecule has 1 N–H and O–H groups in total. The van der Waals surface area contributed by atoms with Crippen LogP contribution in [0.25, 0.3) is 10.9 Å². The summed E-state index contributed by atoms with van der Waals surface area (Å²) >= 11 is 9.29. The Balaban J connectivity index is 2.88. The zero-order chi connectivity index (χ0) is 8.72. The Morgan fingerprint density at radius 2 is 2.08 bits per heavy atom. The van der Waals surface area contributed by atoms with E-state index in [1.165, 1.54) is 5.56 Å². The molecule has 3 heteroatoms. The van der Waals surface area contributed by atoms with Gasteiger partial charge < -0.3 is 4.98 Å². The third kappa shape index (κ3) is 1.25. The number of aromatic nitrogens is 1. The molecule has 1 heterocycles. The van der Waals surface area contributed by atoms with Crippen LogP contribution in [0.1, 0.15) is 5.56 Å². The number of H-pyrrole nitrogens is 1. The third-order valence-corrected chi connectivity index (χ3v) is 2.50. The van der Waals surface area contributed by atoms with E-state index in [0.29, 0.717) is 0 Å². The summed E-state index contributed by atoms with van der Waals surface area (Å²) < 4.78 is 0.989. The maximum absolute atomic E-state index is 5.90. The van der Waals surface area contributed by atoms with Crippen LogP contribution in [-0.2, 0) is 0 Å². The van der Waals surface area contributed by atoms with E-state index >= 15 is 0 Å². The molecule has 0 radical (unpaired) electrons. The molecule has 0 saturated carbocycles. The van der Waals surface area contributed by atoms with Gasteiger partial charge >= 0.3 is 0 Å². The van der Waals surface area contributed by atoms with Crippen molar-refractivity contribution in [1.29, 1.82) is 0 Å². The average Bonchev–Trinajstić information content (AvgIpc) is 2.29. The molecule has 2 rings (SSSR count). The van der Waals surface area contributed by atoms with Gasteiger partial charge in [0.15, 0.2) is 0 Å². The first-order valence-electron chi connectivity index (χ1n) is 3.61. The number of hydrogen-bond acceptors (Lipinski definition) is 0. The van der Waals surface area contributed by atoms with Gasteiger partial charge in [0.05, 0.1) is 4.60 Å². The predicted molar refractivity (Wildman–Crippen MR) is 55.7 cm³/mol. The summed E-state index contributed by atoms with van der Waals surface area (Å²) in [5.41, 5.74) is 2.31. The monoisotopic (exact) mass is 243 g/mol. The minimum Gasteiger partial charge on any atom is -0.349 e. The highest BCUT2D eigenvalue weighted by molar-refractivity contribution is 9.10. The van der Waals surface area contributed by atoms with Gasteiger partial charge in [-0.2, -0.15) is 0 Å². The molecule has 1 aromatic heterocycles. The van der Waals surface area contributed by atoms with E-state index < -0.39 is 0 Å². The summed E-state index contributed by atoms with van der Waals surface area (Å²) in [4.78, 5) is 3.21. The fraction of sp³-hybridized carbons (Fsp3) is 0.111. The molecule has 0 aliphatic carbocycles. The second-order valence-electron chi connectivity index (χ2n) is 2.80. The maximum Gasteiger partial charge on any atom is 0.0831 e. The summed E-state index contributed by atoms with van der Waals surface area (Å²) in [5.74, 6) is 0. The third-order valence-electron chi connectivity index (χ3n) is 1.86. The van der Waals surface area contributed by atoms with E-state index in [9.17, 15) is 0 Å². The predicted octanol–water partition coefficient (Wildman–Crippen LogP) is 3.89. The molecule has 12 heavy (non-hydrogen) atoms. The van der Waals surface area contributed by atoms with Crippen molar-refractivity contribution in [2.75, 3.05) is 0 Å². The van der Waals surface area contributed by atoms with Crippen molar-refractivity contribution >= 4 is 38.4 Å². The normalized spacial score (nSPS) is 10.9. The minimum atomic E-state index is 0.784. The van der Waals surface area contributed by atoms with Gasteiger partial charge in [0, 0.05) is 15.9 Å². The highest BCUT2D eigenvalue weighted by atomic mass is 79.9. The lowest BCUT2D eigenvalue weighted by molar-refractivity contribution is 1.38. The number of hydrogen-bond donors (Lipinski definition) is 1. The maximum atomic E-state index is 5.90. The van der Waals surface area contributed by atoms with Gasteiger partial charge in [-0.1, -0.05) is 11.6 Å². The van der Waals surface area contributed by atoms with Crippen LogP contribution in [0.3, 0.4) is 0 Å². The van der Waals surface area contributed by atoms with Gasteiger partial charge in [-0.15, -0.1) is 0 Å². The molecule has 0 unspecified atom stereocenters. The van der Waals surface area contributed by atoms with E-state index in [-0.39, 0.29) is 0 Å². The van der Waals surface area contributed by atoms with Gasteiger partial charge in [-0.3, -0.25) is 0 Å². The van der Waals surface area contributed by atoms with Crippen molar-refractivity contribution in [3.05, 3.63) is 33.4 Å². The molecule has 0 spiro atoms. The quantitative estimate of drug-likeness (QED) is 0.724. The Labute approximate surface area is 83.9 Å². The molecule has 0 aliphatic heterocycles. The summed E-state index contributed by atoms with van der Waals surface area (Å²) in [5, 5.41) is 1.93. The molecule has 0 saturated heterocycles. The molecule has 0 fully saturated rings. The average molecular weight is 245 g/mol. The molecule has 1 nitrogen and oxygen atoms in total. The van der Waals surface area contributed by atoms with Crippen LogP contribution in [0.5, 0.6) is 0 Å². The minimum absolute atomic E-state index is 0.784. The van der Waals surface area contributed by atoms with Crippen LogP contribution in [0.2, 0.25) is 5.02 Å². The van der Waals surface area contributed by atoms with Crippen LogP contribution in [0, 0.1) is 6.92 Å². The molecule has 0 bridgehead atoms. The molecule has 1 aromatic carbocycles. The van der Waals surface area contributed by atoms with Gasteiger partial charge in [-0.25, -0.2) is 0 Å². The number of aryl methyl sites for hydroxylation is 1. The Kier molecular flexibility index (Phi) is 1.89. The van der Waals surface area contributed by atoms with Crippen LogP contribution < -0.4 is 0 Å². The van der Waals surface area contributed by atoms with Crippen molar-refractivity contribution in [2.24, 2.45) is 0 Å². The van der Waals surface area contributed by atoms with Crippen LogP contribution >= 0.6 is 27.5 Å². The molecular weight excluding hydrogens is 237 g/mol. The zero-order valence-corrected chi connectivity index (χ0v) is 8.83. The summed E-state index contributed by atoms with van der Waals surface area (Å²) in [6, 6.07) is 5.92. The molecule has 0 atom stereocenters. The Bertz CT molecular complexity index is 433. The van der Waals surface area contributed by atoms with Crippen molar-refractivity contribution in [3.63, 3.8) is 0 Å². The smallest absolute Gasteiger partial charge is 0.0831 e. The Morgan fingerprint density at radius 1 is 1.33 bits per heavy atom. The van der Waals surface area contributed by atoms with Crippen LogP contribution in [-0.4, -0.2) is 4.98 Å².